The number of carbonyl (C=O) groups is 2. The van der Waals surface area contributed by atoms with Crippen LogP contribution in [-0.4, -0.2) is 45.4 Å². The van der Waals surface area contributed by atoms with E-state index >= 15 is 0 Å². The maximum atomic E-state index is 12.5. The second-order valence-electron chi connectivity index (χ2n) is 6.88. The Labute approximate surface area is 182 Å². The number of thiazole rings is 1. The molecule has 0 aliphatic carbocycles. The molecule has 1 aliphatic rings. The summed E-state index contributed by atoms with van der Waals surface area (Å²) in [7, 11) is 0. The molecule has 0 saturated carbocycles. The molecular formula is C20H26BrN3O2S2. The van der Waals surface area contributed by atoms with Gasteiger partial charge in [-0.2, -0.15) is 4.99 Å². The van der Waals surface area contributed by atoms with Crippen LogP contribution in [0.25, 0.3) is 10.2 Å². The van der Waals surface area contributed by atoms with Crippen molar-refractivity contribution in [2.75, 3.05) is 18.1 Å². The van der Waals surface area contributed by atoms with E-state index in [2.05, 4.69) is 32.4 Å². The first kappa shape index (κ1) is 21.6. The summed E-state index contributed by atoms with van der Waals surface area (Å²) in [5.74, 6) is 0.555. The number of benzene rings is 1. The van der Waals surface area contributed by atoms with Gasteiger partial charge in [-0.15, -0.1) is 11.8 Å². The number of piperidine rings is 1. The van der Waals surface area contributed by atoms with Crippen LogP contribution in [-0.2, 0) is 16.1 Å². The molecule has 1 fully saturated rings. The molecule has 1 saturated heterocycles. The van der Waals surface area contributed by atoms with Crippen LogP contribution in [0.15, 0.2) is 27.7 Å². The third-order valence-corrected chi connectivity index (χ3v) is 7.49. The summed E-state index contributed by atoms with van der Waals surface area (Å²) in [6, 6.07) is 6.45. The number of aromatic nitrogens is 1. The van der Waals surface area contributed by atoms with Gasteiger partial charge in [-0.1, -0.05) is 34.2 Å². The molecule has 28 heavy (non-hydrogen) atoms. The summed E-state index contributed by atoms with van der Waals surface area (Å²) in [4.78, 5) is 31.9. The first-order valence-corrected chi connectivity index (χ1v) is 12.5. The fraction of sp³-hybridized carbons (Fsp3) is 0.550. The zero-order chi connectivity index (χ0) is 20.1. The molecule has 8 heteroatoms. The summed E-state index contributed by atoms with van der Waals surface area (Å²) < 4.78 is 4.17. The Kier molecular flexibility index (Phi) is 7.77. The van der Waals surface area contributed by atoms with Crippen LogP contribution in [0.3, 0.4) is 0 Å². The van der Waals surface area contributed by atoms with Crippen LogP contribution in [0.2, 0.25) is 0 Å². The Hall–Kier alpha value is -1.12. The number of hydrogen-bond donors (Lipinski definition) is 0. The Morgan fingerprint density at radius 3 is 2.86 bits per heavy atom. The molecule has 2 amide bonds. The molecule has 152 valence electrons. The van der Waals surface area contributed by atoms with Crippen LogP contribution in [0.1, 0.15) is 39.5 Å². The van der Waals surface area contributed by atoms with Crippen molar-refractivity contribution in [3.8, 4) is 0 Å². The molecule has 1 unspecified atom stereocenters. The molecule has 0 bridgehead atoms. The number of halogens is 1. The molecule has 5 nitrogen and oxygen atoms in total. The number of hydrogen-bond acceptors (Lipinski definition) is 4. The minimum atomic E-state index is -0.184. The predicted octanol–water partition coefficient (Wildman–Crippen LogP) is 4.44. The Balaban J connectivity index is 1.62. The van der Waals surface area contributed by atoms with Crippen molar-refractivity contribution >= 4 is 61.1 Å². The van der Waals surface area contributed by atoms with Gasteiger partial charge in [0.1, 0.15) is 0 Å². The summed E-state index contributed by atoms with van der Waals surface area (Å²) >= 11 is 6.38. The molecule has 2 heterocycles. The number of fused-ring (bicyclic) bond motifs is 1. The predicted molar refractivity (Wildman–Crippen MR) is 121 cm³/mol. The largest absolute Gasteiger partial charge is 0.339 e. The Bertz CT molecular complexity index is 922. The van der Waals surface area contributed by atoms with Crippen molar-refractivity contribution in [2.45, 2.75) is 52.1 Å². The average molecular weight is 484 g/mol. The number of likely N-dealkylation sites (tertiary alicyclic amines) is 1. The second kappa shape index (κ2) is 10.1. The first-order valence-electron chi connectivity index (χ1n) is 9.77. The van der Waals surface area contributed by atoms with Gasteiger partial charge in [-0.25, -0.2) is 0 Å². The molecule has 0 N–H and O–H groups in total. The topological polar surface area (TPSA) is 54.7 Å². The zero-order valence-electron chi connectivity index (χ0n) is 16.3. The molecule has 1 aromatic heterocycles. The van der Waals surface area contributed by atoms with Gasteiger partial charge < -0.3 is 9.47 Å². The Morgan fingerprint density at radius 2 is 2.11 bits per heavy atom. The van der Waals surface area contributed by atoms with Gasteiger partial charge in [0.25, 0.3) is 5.91 Å². The lowest BCUT2D eigenvalue weighted by Crippen LogP contribution is -2.44. The van der Waals surface area contributed by atoms with Crippen molar-refractivity contribution in [1.82, 2.24) is 9.47 Å². The van der Waals surface area contributed by atoms with Gasteiger partial charge in [-0.3, -0.25) is 9.59 Å². The van der Waals surface area contributed by atoms with E-state index in [1.54, 1.807) is 0 Å². The van der Waals surface area contributed by atoms with E-state index in [4.69, 9.17) is 0 Å². The normalized spacial score (nSPS) is 18.0. The van der Waals surface area contributed by atoms with Crippen molar-refractivity contribution < 1.29 is 9.59 Å². The van der Waals surface area contributed by atoms with Gasteiger partial charge in [0, 0.05) is 23.6 Å². The standard InChI is InChI=1S/C20H26BrN3O2S2/c1-3-15-7-5-6-10-24(15)19(26)13-27-12-18(25)22-20-23(4-2)16-9-8-14(21)11-17(16)28-20/h8-9,11,15H,3-7,10,12-13H2,1-2H3. The molecule has 0 spiro atoms. The summed E-state index contributed by atoms with van der Waals surface area (Å²) in [6.07, 6.45) is 4.39. The van der Waals surface area contributed by atoms with Gasteiger partial charge in [0.2, 0.25) is 5.91 Å². The van der Waals surface area contributed by atoms with Crippen molar-refractivity contribution in [2.24, 2.45) is 4.99 Å². The highest BCUT2D eigenvalue weighted by Crippen LogP contribution is 2.22. The van der Waals surface area contributed by atoms with Crippen LogP contribution >= 0.6 is 39.0 Å². The van der Waals surface area contributed by atoms with E-state index in [1.165, 1.54) is 29.5 Å². The SMILES string of the molecule is CCC1CCCCN1C(=O)CSCC(=O)N=c1sc2cc(Br)ccc2n1CC. The quantitative estimate of drug-likeness (QED) is 0.610. The van der Waals surface area contributed by atoms with Crippen LogP contribution in [0, 0.1) is 0 Å². The smallest absolute Gasteiger partial charge is 0.258 e. The zero-order valence-corrected chi connectivity index (χ0v) is 19.5. The molecule has 1 aromatic carbocycles. The van der Waals surface area contributed by atoms with Crippen LogP contribution in [0.4, 0.5) is 0 Å². The maximum Gasteiger partial charge on any atom is 0.258 e. The minimum Gasteiger partial charge on any atom is -0.339 e. The molecule has 2 aromatic rings. The van der Waals surface area contributed by atoms with Gasteiger partial charge in [-0.05, 0) is 50.8 Å². The van der Waals surface area contributed by atoms with Crippen LogP contribution < -0.4 is 4.80 Å². The minimum absolute atomic E-state index is 0.152. The molecule has 3 rings (SSSR count). The highest BCUT2D eigenvalue weighted by atomic mass is 79.9. The number of thioether (sulfide) groups is 1. The van der Waals surface area contributed by atoms with Gasteiger partial charge in [0.05, 0.1) is 21.7 Å². The second-order valence-corrected chi connectivity index (χ2v) is 9.79. The third kappa shape index (κ3) is 5.07. The van der Waals surface area contributed by atoms with Crippen LogP contribution in [0.5, 0.6) is 0 Å². The number of amides is 2. The average Bonchev–Trinajstić information content (AvgIpc) is 3.03. The third-order valence-electron chi connectivity index (χ3n) is 5.05. The molecule has 0 radical (unpaired) electrons. The molecule has 1 aliphatic heterocycles. The lowest BCUT2D eigenvalue weighted by atomic mass is 10.0. The van der Waals surface area contributed by atoms with Gasteiger partial charge in [0.15, 0.2) is 4.80 Å². The molecular weight excluding hydrogens is 458 g/mol. The highest BCUT2D eigenvalue weighted by molar-refractivity contribution is 9.10. The van der Waals surface area contributed by atoms with Crippen molar-refractivity contribution in [3.63, 3.8) is 0 Å². The molecule has 1 atom stereocenters. The van der Waals surface area contributed by atoms with E-state index in [1.807, 2.05) is 30.0 Å². The summed E-state index contributed by atoms with van der Waals surface area (Å²) in [5.41, 5.74) is 1.08. The summed E-state index contributed by atoms with van der Waals surface area (Å²) in [5, 5.41) is 0. The Morgan fingerprint density at radius 1 is 1.29 bits per heavy atom. The number of rotatable bonds is 6. The van der Waals surface area contributed by atoms with E-state index < -0.39 is 0 Å². The van der Waals surface area contributed by atoms with Crippen molar-refractivity contribution in [3.05, 3.63) is 27.5 Å². The summed E-state index contributed by atoms with van der Waals surface area (Å²) in [6.45, 7) is 5.79. The lowest BCUT2D eigenvalue weighted by Gasteiger charge is -2.35. The maximum absolute atomic E-state index is 12.5. The van der Waals surface area contributed by atoms with E-state index in [-0.39, 0.29) is 17.6 Å². The first-order chi connectivity index (χ1) is 13.5. The van der Waals surface area contributed by atoms with Crippen molar-refractivity contribution in [1.29, 1.82) is 0 Å². The number of nitrogens with zero attached hydrogens (tertiary/aromatic N) is 3. The monoisotopic (exact) mass is 483 g/mol. The number of carbonyl (C=O) groups excluding carboxylic acids is 2. The number of aryl methyl sites for hydroxylation is 1. The highest BCUT2D eigenvalue weighted by Gasteiger charge is 2.25. The fourth-order valence-corrected chi connectivity index (χ4v) is 5.98. The fourth-order valence-electron chi connectivity index (χ4n) is 3.64. The van der Waals surface area contributed by atoms with E-state index in [0.29, 0.717) is 11.8 Å². The van der Waals surface area contributed by atoms with Gasteiger partial charge >= 0.3 is 0 Å². The van der Waals surface area contributed by atoms with E-state index in [9.17, 15) is 9.59 Å². The van der Waals surface area contributed by atoms with E-state index in [0.717, 1.165) is 51.8 Å². The lowest BCUT2D eigenvalue weighted by molar-refractivity contribution is -0.132.